The first-order valence-electron chi connectivity index (χ1n) is 24.5. The van der Waals surface area contributed by atoms with E-state index in [1.807, 2.05) is 24.3 Å². The number of benzene rings is 9. The van der Waals surface area contributed by atoms with E-state index in [0.717, 1.165) is 23.9 Å². The van der Waals surface area contributed by atoms with Crippen LogP contribution in [-0.4, -0.2) is 25.0 Å². The maximum Gasteiger partial charge on any atom is 1.00 e. The van der Waals surface area contributed by atoms with E-state index in [2.05, 4.69) is 243 Å². The summed E-state index contributed by atoms with van der Waals surface area (Å²) in [5, 5.41) is 13.0. The third-order valence-electron chi connectivity index (χ3n) is 12.7. The van der Waals surface area contributed by atoms with Gasteiger partial charge in [0.1, 0.15) is 79.9 Å². The van der Waals surface area contributed by atoms with Crippen molar-refractivity contribution >= 4 is 110 Å². The molecule has 1 fully saturated rings. The summed E-state index contributed by atoms with van der Waals surface area (Å²) in [6.45, 7) is 0. The molecular formula is C62H64Au2O2P5S2+5. The van der Waals surface area contributed by atoms with E-state index in [9.17, 15) is 0 Å². The molecule has 0 bridgehead atoms. The van der Waals surface area contributed by atoms with Gasteiger partial charge in [0.25, 0.3) is 0 Å². The van der Waals surface area contributed by atoms with Crippen molar-refractivity contribution in [3.8, 4) is 5.75 Å². The zero-order chi connectivity index (χ0) is 48.9. The minimum atomic E-state index is -2.26. The van der Waals surface area contributed by atoms with Crippen molar-refractivity contribution in [1.29, 1.82) is 0 Å². The summed E-state index contributed by atoms with van der Waals surface area (Å²) in [4.78, 5) is 0. The SMILES string of the molecule is COc1ccc([P+]([S-])([S-])OC2CCCC2)cc1.[Au+].[Au+].c1ccc([PH+](C[PH+](c2ccccc2)c2ccccc2)c2ccccc2)cc1.c1ccc([PH+](C[PH+](c2ccccc2)c2ccccc2)c2ccccc2)cc1. The van der Waals surface area contributed by atoms with Crippen LogP contribution < -0.4 is 52.5 Å². The first kappa shape index (κ1) is 59.3. The van der Waals surface area contributed by atoms with Crippen molar-refractivity contribution in [3.05, 3.63) is 267 Å². The minimum absolute atomic E-state index is 0. The number of methoxy groups -OCH3 is 1. The van der Waals surface area contributed by atoms with Crippen LogP contribution >= 0.6 is 37.6 Å². The van der Waals surface area contributed by atoms with Crippen molar-refractivity contribution in [2.75, 3.05) is 18.9 Å². The first-order chi connectivity index (χ1) is 34.9. The largest absolute Gasteiger partial charge is 1.00 e. The fraction of sp³-hybridized carbons (Fsp3) is 0.129. The van der Waals surface area contributed by atoms with E-state index in [-0.39, 0.29) is 50.9 Å². The Morgan fingerprint density at radius 2 is 0.575 bits per heavy atom. The van der Waals surface area contributed by atoms with Gasteiger partial charge in [-0.2, -0.15) is 0 Å². The summed E-state index contributed by atoms with van der Waals surface area (Å²) in [5.74, 6) is 1.05. The number of hydrogen-bond donors (Lipinski definition) is 0. The van der Waals surface area contributed by atoms with Gasteiger partial charge < -0.3 is 29.2 Å². The standard InChI is InChI=1S/2C25H22P2.C12H17O2PS2.2Au/c2*1-5-13-22(14-6-1)26(23-15-7-2-8-16-23)21-27(24-17-9-3-10-18-24)25-19-11-4-12-20-25;1-13-10-6-8-12(9-7-10)15(16,17)14-11-4-2-3-5-11;;/h2*1-20H,21H2;6-9,11H,2-5H2,1H3,(H,16,17);;/q;;;2*+1/p+3. The topological polar surface area (TPSA) is 18.5 Å². The van der Waals surface area contributed by atoms with E-state index in [0.29, 0.717) is 0 Å². The normalized spacial score (nSPS) is 12.2. The average molecular weight is 1450 g/mol. The molecule has 1 saturated carbocycles. The predicted octanol–water partition coefficient (Wildman–Crippen LogP) is 12.5. The molecule has 0 saturated heterocycles. The smallest absolute Gasteiger partial charge is 0.542 e. The van der Waals surface area contributed by atoms with Crippen LogP contribution in [0.5, 0.6) is 5.75 Å². The molecule has 0 aliphatic heterocycles. The van der Waals surface area contributed by atoms with Crippen LogP contribution in [0, 0.1) is 0 Å². The molecule has 9 aromatic carbocycles. The Hall–Kier alpha value is -2.93. The molecule has 0 unspecified atom stereocenters. The van der Waals surface area contributed by atoms with Gasteiger partial charge in [0.15, 0.2) is 11.8 Å². The number of rotatable bonds is 16. The third kappa shape index (κ3) is 18.1. The third-order valence-corrected chi connectivity index (χ3v) is 29.9. The van der Waals surface area contributed by atoms with Crippen LogP contribution in [0.15, 0.2) is 267 Å². The van der Waals surface area contributed by atoms with Gasteiger partial charge in [-0.3, -0.25) is 4.52 Å². The maximum absolute atomic E-state index is 5.96. The van der Waals surface area contributed by atoms with Crippen molar-refractivity contribution in [2.24, 2.45) is 0 Å². The molecule has 0 atom stereocenters. The van der Waals surface area contributed by atoms with E-state index in [1.54, 1.807) is 7.11 Å². The quantitative estimate of drug-likeness (QED) is 0.0545. The number of hydrogen-bond acceptors (Lipinski definition) is 4. The molecule has 378 valence electrons. The maximum atomic E-state index is 5.96. The van der Waals surface area contributed by atoms with Crippen molar-refractivity contribution < 1.29 is 54.0 Å². The first-order valence-corrected chi connectivity index (χ1v) is 35.0. The Morgan fingerprint density at radius 3 is 0.781 bits per heavy atom. The van der Waals surface area contributed by atoms with Crippen LogP contribution in [-0.2, 0) is 73.8 Å². The second-order valence-electron chi connectivity index (χ2n) is 17.4. The van der Waals surface area contributed by atoms with Gasteiger partial charge >= 0.3 is 44.8 Å². The second kappa shape index (κ2) is 32.0. The molecule has 73 heavy (non-hydrogen) atoms. The molecule has 0 heterocycles. The molecule has 10 rings (SSSR count). The van der Waals surface area contributed by atoms with Crippen LogP contribution in [0.25, 0.3) is 0 Å². The summed E-state index contributed by atoms with van der Waals surface area (Å²) >= 11 is 11.0. The Bertz CT molecular complexity index is 2380. The Labute approximate surface area is 482 Å². The van der Waals surface area contributed by atoms with E-state index in [1.165, 1.54) is 67.1 Å². The summed E-state index contributed by atoms with van der Waals surface area (Å²) in [6.07, 6.45) is 4.95. The molecule has 0 radical (unpaired) electrons. The monoisotopic (exact) mass is 1450 g/mol. The van der Waals surface area contributed by atoms with Crippen molar-refractivity contribution in [3.63, 3.8) is 0 Å². The Balaban J connectivity index is 0.000000181. The minimum Gasteiger partial charge on any atom is -0.542 e. The van der Waals surface area contributed by atoms with Crippen LogP contribution in [0.1, 0.15) is 25.7 Å². The molecule has 1 aliphatic rings. The van der Waals surface area contributed by atoms with Crippen LogP contribution in [0.2, 0.25) is 0 Å². The average Bonchev–Trinajstić information content (AvgIpc) is 3.96. The van der Waals surface area contributed by atoms with E-state index < -0.39 is 37.6 Å². The van der Waals surface area contributed by atoms with E-state index in [4.69, 9.17) is 33.8 Å². The molecule has 0 amide bonds. The van der Waals surface area contributed by atoms with Gasteiger partial charge in [0.05, 0.1) is 18.5 Å². The Morgan fingerprint density at radius 1 is 0.356 bits per heavy atom. The van der Waals surface area contributed by atoms with Gasteiger partial charge in [-0.15, -0.1) is 0 Å². The molecule has 0 aromatic heterocycles. The van der Waals surface area contributed by atoms with E-state index >= 15 is 0 Å². The van der Waals surface area contributed by atoms with Gasteiger partial charge in [-0.25, -0.2) is 0 Å². The van der Waals surface area contributed by atoms with Crippen LogP contribution in [0.3, 0.4) is 0 Å². The molecule has 2 nitrogen and oxygen atoms in total. The zero-order valence-corrected chi connectivity index (χ0v) is 51.8. The molecular weight excluding hydrogens is 1390 g/mol. The summed E-state index contributed by atoms with van der Waals surface area (Å²) < 4.78 is 11.1. The van der Waals surface area contributed by atoms with Gasteiger partial charge in [0.2, 0.25) is 0 Å². The summed E-state index contributed by atoms with van der Waals surface area (Å²) in [6, 6.07) is 96.6. The molecule has 11 heteroatoms. The number of ether oxygens (including phenoxy) is 1. The predicted molar refractivity (Wildman–Crippen MR) is 329 cm³/mol. The Kier molecular flexibility index (Phi) is 26.0. The van der Waals surface area contributed by atoms with Crippen molar-refractivity contribution in [2.45, 2.75) is 31.8 Å². The fourth-order valence-corrected chi connectivity index (χ4v) is 27.1. The fourth-order valence-electron chi connectivity index (χ4n) is 8.97. The molecule has 9 aromatic rings. The summed E-state index contributed by atoms with van der Waals surface area (Å²) in [5.41, 5.74) is 0. The molecule has 0 N–H and O–H groups in total. The van der Waals surface area contributed by atoms with Gasteiger partial charge in [-0.05, 0) is 134 Å². The van der Waals surface area contributed by atoms with Gasteiger partial charge in [-0.1, -0.05) is 164 Å². The second-order valence-corrected chi connectivity index (χ2v) is 34.2. The van der Waals surface area contributed by atoms with Gasteiger partial charge in [0, 0.05) is 0 Å². The van der Waals surface area contributed by atoms with Crippen molar-refractivity contribution in [1.82, 2.24) is 0 Å². The van der Waals surface area contributed by atoms with Crippen LogP contribution in [0.4, 0.5) is 0 Å². The molecule has 1 aliphatic carbocycles. The molecule has 0 spiro atoms. The summed E-state index contributed by atoms with van der Waals surface area (Å²) in [7, 11) is -1.74. The zero-order valence-electron chi connectivity index (χ0n) is 40.9.